The Morgan fingerprint density at radius 2 is 2.44 bits per heavy atom. The van der Waals surface area contributed by atoms with E-state index in [9.17, 15) is 4.79 Å². The molecule has 16 heavy (non-hydrogen) atoms. The molecule has 0 bridgehead atoms. The molecule has 0 aromatic carbocycles. The molecule has 2 N–H and O–H groups in total. The third-order valence-corrected chi connectivity index (χ3v) is 2.89. The van der Waals surface area contributed by atoms with Crippen LogP contribution in [0.5, 0.6) is 0 Å². The van der Waals surface area contributed by atoms with Gasteiger partial charge in [0.25, 0.3) is 5.56 Å². The molecule has 1 atom stereocenters. The summed E-state index contributed by atoms with van der Waals surface area (Å²) in [6.45, 7) is 3.79. The van der Waals surface area contributed by atoms with Crippen molar-refractivity contribution in [1.82, 2.24) is 15.3 Å². The summed E-state index contributed by atoms with van der Waals surface area (Å²) in [5.41, 5.74) is -0.0891. The van der Waals surface area contributed by atoms with Gasteiger partial charge in [-0.3, -0.25) is 4.79 Å². The zero-order valence-electron chi connectivity index (χ0n) is 9.79. The van der Waals surface area contributed by atoms with Crippen molar-refractivity contribution in [2.24, 2.45) is 0 Å². The van der Waals surface area contributed by atoms with Gasteiger partial charge in [-0.05, 0) is 26.3 Å². The van der Waals surface area contributed by atoms with Crippen molar-refractivity contribution in [1.29, 1.82) is 0 Å². The van der Waals surface area contributed by atoms with Gasteiger partial charge < -0.3 is 15.2 Å². The van der Waals surface area contributed by atoms with Gasteiger partial charge in [0.05, 0.1) is 0 Å². The molecule has 0 saturated carbocycles. The minimum Gasteiger partial charge on any atom is -0.358 e. The molecule has 1 fully saturated rings. The Kier molecular flexibility index (Phi) is 3.24. The van der Waals surface area contributed by atoms with Crippen LogP contribution in [0.15, 0.2) is 10.9 Å². The lowest BCUT2D eigenvalue weighted by Gasteiger charge is -2.22. The summed E-state index contributed by atoms with van der Waals surface area (Å²) in [7, 11) is 1.97. The molecule has 2 rings (SSSR count). The van der Waals surface area contributed by atoms with E-state index >= 15 is 0 Å². The first-order valence-corrected chi connectivity index (χ1v) is 5.67. The van der Waals surface area contributed by atoms with E-state index in [-0.39, 0.29) is 5.56 Å². The summed E-state index contributed by atoms with van der Waals surface area (Å²) in [6.07, 6.45) is 2.44. The Labute approximate surface area is 94.9 Å². The van der Waals surface area contributed by atoms with Gasteiger partial charge in [-0.1, -0.05) is 0 Å². The van der Waals surface area contributed by atoms with Gasteiger partial charge in [0.15, 0.2) is 0 Å². The fourth-order valence-electron chi connectivity index (χ4n) is 2.10. The van der Waals surface area contributed by atoms with Crippen LogP contribution >= 0.6 is 0 Å². The van der Waals surface area contributed by atoms with Crippen molar-refractivity contribution in [3.63, 3.8) is 0 Å². The molecular formula is C11H18N4O. The molecule has 88 valence electrons. The SMILES string of the molecule is Cc1nc(N(C)CC2CCCN2)cc(=O)[nH]1. The van der Waals surface area contributed by atoms with Crippen LogP contribution < -0.4 is 15.8 Å². The summed E-state index contributed by atoms with van der Waals surface area (Å²) in [5.74, 6) is 1.41. The molecule has 1 aliphatic heterocycles. The highest BCUT2D eigenvalue weighted by molar-refractivity contribution is 5.36. The van der Waals surface area contributed by atoms with Crippen LogP contribution in [0.1, 0.15) is 18.7 Å². The normalized spacial score (nSPS) is 20.0. The number of hydrogen-bond donors (Lipinski definition) is 2. The van der Waals surface area contributed by atoms with E-state index < -0.39 is 0 Å². The van der Waals surface area contributed by atoms with Crippen molar-refractivity contribution >= 4 is 5.82 Å². The Balaban J connectivity index is 2.07. The standard InChI is InChI=1S/C11H18N4O/c1-8-13-10(6-11(16)14-8)15(2)7-9-4-3-5-12-9/h6,9,12H,3-5,7H2,1-2H3,(H,13,14,16). The molecular weight excluding hydrogens is 204 g/mol. The molecule has 1 aliphatic rings. The number of rotatable bonds is 3. The fourth-order valence-corrected chi connectivity index (χ4v) is 2.10. The number of likely N-dealkylation sites (N-methyl/N-ethyl adjacent to an activating group) is 1. The van der Waals surface area contributed by atoms with Crippen LogP contribution in [-0.2, 0) is 0 Å². The monoisotopic (exact) mass is 222 g/mol. The van der Waals surface area contributed by atoms with Gasteiger partial charge in [-0.2, -0.15) is 0 Å². The lowest BCUT2D eigenvalue weighted by atomic mass is 10.2. The zero-order chi connectivity index (χ0) is 11.5. The molecule has 0 aliphatic carbocycles. The number of aromatic nitrogens is 2. The number of nitrogens with one attached hydrogen (secondary N) is 2. The van der Waals surface area contributed by atoms with Gasteiger partial charge in [0.1, 0.15) is 11.6 Å². The largest absolute Gasteiger partial charge is 0.358 e. The average molecular weight is 222 g/mol. The number of anilines is 1. The molecule has 0 radical (unpaired) electrons. The molecule has 1 saturated heterocycles. The maximum Gasteiger partial charge on any atom is 0.252 e. The Hall–Kier alpha value is -1.36. The number of hydrogen-bond acceptors (Lipinski definition) is 4. The lowest BCUT2D eigenvalue weighted by Crippen LogP contribution is -2.36. The van der Waals surface area contributed by atoms with E-state index in [4.69, 9.17) is 0 Å². The van der Waals surface area contributed by atoms with Crippen LogP contribution in [0.4, 0.5) is 5.82 Å². The Morgan fingerprint density at radius 3 is 3.06 bits per heavy atom. The van der Waals surface area contributed by atoms with Gasteiger partial charge in [0, 0.05) is 25.7 Å². The van der Waals surface area contributed by atoms with Gasteiger partial charge in [-0.25, -0.2) is 4.98 Å². The highest BCUT2D eigenvalue weighted by Gasteiger charge is 2.16. The summed E-state index contributed by atoms with van der Waals surface area (Å²) < 4.78 is 0. The summed E-state index contributed by atoms with van der Waals surface area (Å²) in [6, 6.07) is 2.06. The first-order chi connectivity index (χ1) is 7.65. The Bertz CT molecular complexity index is 409. The molecule has 1 aromatic heterocycles. The van der Waals surface area contributed by atoms with Crippen molar-refractivity contribution < 1.29 is 0 Å². The quantitative estimate of drug-likeness (QED) is 0.770. The van der Waals surface area contributed by atoms with E-state index in [1.165, 1.54) is 12.8 Å². The van der Waals surface area contributed by atoms with Gasteiger partial charge >= 0.3 is 0 Å². The molecule has 0 amide bonds. The van der Waals surface area contributed by atoms with Gasteiger partial charge in [0.2, 0.25) is 0 Å². The lowest BCUT2D eigenvalue weighted by molar-refractivity contribution is 0.596. The minimum atomic E-state index is -0.0891. The second-order valence-corrected chi connectivity index (χ2v) is 4.36. The number of aromatic amines is 1. The molecule has 1 aromatic rings. The van der Waals surface area contributed by atoms with Crippen LogP contribution in [0.2, 0.25) is 0 Å². The van der Waals surface area contributed by atoms with Gasteiger partial charge in [-0.15, -0.1) is 0 Å². The fraction of sp³-hybridized carbons (Fsp3) is 0.636. The third kappa shape index (κ3) is 2.61. The van der Waals surface area contributed by atoms with Crippen molar-refractivity contribution in [3.8, 4) is 0 Å². The number of H-pyrrole nitrogens is 1. The average Bonchev–Trinajstić information content (AvgIpc) is 2.68. The van der Waals surface area contributed by atoms with Crippen LogP contribution in [0.3, 0.4) is 0 Å². The maximum atomic E-state index is 11.3. The highest BCUT2D eigenvalue weighted by atomic mass is 16.1. The smallest absolute Gasteiger partial charge is 0.252 e. The Morgan fingerprint density at radius 1 is 1.62 bits per heavy atom. The second kappa shape index (κ2) is 4.65. The predicted octanol–water partition coefficient (Wildman–Crippen LogP) is 0.267. The second-order valence-electron chi connectivity index (χ2n) is 4.36. The number of aryl methyl sites for hydroxylation is 1. The van der Waals surface area contributed by atoms with Crippen molar-refractivity contribution in [2.45, 2.75) is 25.8 Å². The summed E-state index contributed by atoms with van der Waals surface area (Å²) in [4.78, 5) is 20.3. The van der Waals surface area contributed by atoms with Crippen molar-refractivity contribution in [2.75, 3.05) is 25.0 Å². The zero-order valence-corrected chi connectivity index (χ0v) is 9.79. The first-order valence-electron chi connectivity index (χ1n) is 5.67. The molecule has 0 spiro atoms. The highest BCUT2D eigenvalue weighted by Crippen LogP contribution is 2.10. The molecule has 5 nitrogen and oxygen atoms in total. The number of nitrogens with zero attached hydrogens (tertiary/aromatic N) is 2. The summed E-state index contributed by atoms with van der Waals surface area (Å²) >= 11 is 0. The van der Waals surface area contributed by atoms with Crippen LogP contribution in [0, 0.1) is 6.92 Å². The molecule has 1 unspecified atom stereocenters. The van der Waals surface area contributed by atoms with E-state index in [0.29, 0.717) is 11.9 Å². The minimum absolute atomic E-state index is 0.0891. The van der Waals surface area contributed by atoms with E-state index in [1.807, 2.05) is 11.9 Å². The first kappa shape index (κ1) is 11.1. The molecule has 2 heterocycles. The maximum absolute atomic E-state index is 11.3. The van der Waals surface area contributed by atoms with E-state index in [1.54, 1.807) is 13.0 Å². The van der Waals surface area contributed by atoms with E-state index in [2.05, 4.69) is 15.3 Å². The third-order valence-electron chi connectivity index (χ3n) is 2.89. The van der Waals surface area contributed by atoms with Crippen molar-refractivity contribution in [3.05, 3.63) is 22.2 Å². The summed E-state index contributed by atoms with van der Waals surface area (Å²) in [5, 5.41) is 3.43. The van der Waals surface area contributed by atoms with Crippen LogP contribution in [0.25, 0.3) is 0 Å². The van der Waals surface area contributed by atoms with E-state index in [0.717, 1.165) is 18.9 Å². The van der Waals surface area contributed by atoms with Crippen LogP contribution in [-0.4, -0.2) is 36.1 Å². The molecule has 5 heteroatoms. The topological polar surface area (TPSA) is 61.0 Å². The predicted molar refractivity (Wildman–Crippen MR) is 63.9 cm³/mol.